The van der Waals surface area contributed by atoms with Crippen LogP contribution in [-0.4, -0.2) is 26.0 Å². The molecule has 0 aromatic heterocycles. The highest BCUT2D eigenvalue weighted by atomic mass is 35.5. The van der Waals surface area contributed by atoms with Crippen molar-refractivity contribution in [1.82, 2.24) is 10.6 Å². The maximum atomic E-state index is 12.8. The van der Waals surface area contributed by atoms with Gasteiger partial charge in [0, 0.05) is 18.4 Å². The average Bonchev–Trinajstić information content (AvgIpc) is 2.45. The molecule has 0 aliphatic rings. The highest BCUT2D eigenvalue weighted by molar-refractivity contribution is 5.85. The fraction of sp³-hybridized carbons (Fsp3) is 0.562. The minimum absolute atomic E-state index is 0. The van der Waals surface area contributed by atoms with Gasteiger partial charge in [-0.15, -0.1) is 12.4 Å². The van der Waals surface area contributed by atoms with Crippen LogP contribution in [0.25, 0.3) is 0 Å². The zero-order chi connectivity index (χ0) is 16.8. The van der Waals surface area contributed by atoms with Crippen LogP contribution in [0, 0.1) is 0 Å². The Morgan fingerprint density at radius 2 is 1.78 bits per heavy atom. The van der Waals surface area contributed by atoms with Gasteiger partial charge in [-0.2, -0.15) is 13.2 Å². The molecule has 23 heavy (non-hydrogen) atoms. The first-order valence-corrected chi connectivity index (χ1v) is 7.26. The van der Waals surface area contributed by atoms with E-state index >= 15 is 0 Å². The minimum Gasteiger partial charge on any atom is -0.355 e. The molecule has 0 atom stereocenters. The standard InChI is InChI=1S/C16H23F3N2O.ClH/c1-15(2,11-21-14(22)8-5-9-20-3)12-6-4-7-13(10-12)16(17,18)19;/h4,6-7,10,20H,5,8-9,11H2,1-3H3,(H,21,22);1H. The topological polar surface area (TPSA) is 41.1 Å². The van der Waals surface area contributed by atoms with Gasteiger partial charge < -0.3 is 10.6 Å². The molecule has 132 valence electrons. The van der Waals surface area contributed by atoms with Gasteiger partial charge in [-0.1, -0.05) is 32.0 Å². The predicted octanol–water partition coefficient (Wildman–Crippen LogP) is 3.52. The van der Waals surface area contributed by atoms with E-state index in [1.165, 1.54) is 6.07 Å². The van der Waals surface area contributed by atoms with Crippen molar-refractivity contribution in [2.75, 3.05) is 20.1 Å². The molecule has 0 aliphatic heterocycles. The first-order chi connectivity index (χ1) is 10.2. The lowest BCUT2D eigenvalue weighted by Crippen LogP contribution is -2.37. The Morgan fingerprint density at radius 1 is 1.17 bits per heavy atom. The number of hydrogen-bond acceptors (Lipinski definition) is 2. The fourth-order valence-corrected chi connectivity index (χ4v) is 2.05. The van der Waals surface area contributed by atoms with Crippen molar-refractivity contribution in [2.24, 2.45) is 0 Å². The summed E-state index contributed by atoms with van der Waals surface area (Å²) in [6, 6.07) is 5.25. The summed E-state index contributed by atoms with van der Waals surface area (Å²) in [6.07, 6.45) is -3.23. The second-order valence-corrected chi connectivity index (χ2v) is 5.95. The third-order valence-corrected chi connectivity index (χ3v) is 3.53. The van der Waals surface area contributed by atoms with Gasteiger partial charge in [-0.25, -0.2) is 0 Å². The van der Waals surface area contributed by atoms with Gasteiger partial charge in [0.2, 0.25) is 5.91 Å². The molecule has 0 spiro atoms. The smallest absolute Gasteiger partial charge is 0.355 e. The molecular formula is C16H24ClF3N2O. The van der Waals surface area contributed by atoms with E-state index < -0.39 is 17.2 Å². The number of rotatable bonds is 7. The Hall–Kier alpha value is -1.27. The zero-order valence-corrected chi connectivity index (χ0v) is 14.4. The van der Waals surface area contributed by atoms with Crippen LogP contribution in [0.15, 0.2) is 24.3 Å². The lowest BCUT2D eigenvalue weighted by atomic mass is 9.83. The fourth-order valence-electron chi connectivity index (χ4n) is 2.05. The molecule has 1 aromatic rings. The highest BCUT2D eigenvalue weighted by Crippen LogP contribution is 2.32. The summed E-state index contributed by atoms with van der Waals surface area (Å²) in [4.78, 5) is 11.7. The Bertz CT molecular complexity index is 504. The molecule has 7 heteroatoms. The zero-order valence-electron chi connectivity index (χ0n) is 13.6. The number of halogens is 4. The number of carbonyl (C=O) groups is 1. The van der Waals surface area contributed by atoms with Crippen LogP contribution in [0.2, 0.25) is 0 Å². The third-order valence-electron chi connectivity index (χ3n) is 3.53. The van der Waals surface area contributed by atoms with E-state index in [0.717, 1.165) is 25.1 Å². The van der Waals surface area contributed by atoms with E-state index in [9.17, 15) is 18.0 Å². The maximum absolute atomic E-state index is 12.8. The Kier molecular flexibility index (Phi) is 8.63. The summed E-state index contributed by atoms with van der Waals surface area (Å²) in [5, 5.41) is 5.75. The van der Waals surface area contributed by atoms with Gasteiger partial charge in [-0.3, -0.25) is 4.79 Å². The van der Waals surface area contributed by atoms with Gasteiger partial charge in [0.05, 0.1) is 5.56 Å². The number of alkyl halides is 3. The molecule has 1 aromatic carbocycles. The van der Waals surface area contributed by atoms with Crippen molar-refractivity contribution in [3.63, 3.8) is 0 Å². The maximum Gasteiger partial charge on any atom is 0.416 e. The largest absolute Gasteiger partial charge is 0.416 e. The number of hydrogen-bond donors (Lipinski definition) is 2. The average molecular weight is 353 g/mol. The highest BCUT2D eigenvalue weighted by Gasteiger charge is 2.32. The van der Waals surface area contributed by atoms with Crippen LogP contribution in [0.1, 0.15) is 37.8 Å². The van der Waals surface area contributed by atoms with Gasteiger partial charge in [0.25, 0.3) is 0 Å². The van der Waals surface area contributed by atoms with Crippen molar-refractivity contribution >= 4 is 18.3 Å². The summed E-state index contributed by atoms with van der Waals surface area (Å²) in [5.41, 5.74) is -0.684. The molecule has 0 bridgehead atoms. The third kappa shape index (κ3) is 7.22. The Balaban J connectivity index is 0.00000484. The molecule has 0 aliphatic carbocycles. The molecule has 0 heterocycles. The Labute approximate surface area is 141 Å². The van der Waals surface area contributed by atoms with Gasteiger partial charge >= 0.3 is 6.18 Å². The first-order valence-electron chi connectivity index (χ1n) is 7.26. The van der Waals surface area contributed by atoms with Gasteiger partial charge in [-0.05, 0) is 31.6 Å². The normalized spacial score (nSPS) is 11.7. The van der Waals surface area contributed by atoms with E-state index in [1.807, 2.05) is 20.9 Å². The first kappa shape index (κ1) is 21.7. The summed E-state index contributed by atoms with van der Waals surface area (Å²) in [5.74, 6) is -0.0877. The van der Waals surface area contributed by atoms with Crippen LogP contribution < -0.4 is 10.6 Å². The van der Waals surface area contributed by atoms with Crippen molar-refractivity contribution in [3.8, 4) is 0 Å². The number of nitrogens with one attached hydrogen (secondary N) is 2. The summed E-state index contributed by atoms with van der Waals surface area (Å²) in [6.45, 7) is 4.68. The Morgan fingerprint density at radius 3 is 2.35 bits per heavy atom. The molecule has 0 saturated carbocycles. The van der Waals surface area contributed by atoms with E-state index in [-0.39, 0.29) is 18.3 Å². The van der Waals surface area contributed by atoms with E-state index in [0.29, 0.717) is 18.5 Å². The minimum atomic E-state index is -4.36. The summed E-state index contributed by atoms with van der Waals surface area (Å²) < 4.78 is 38.3. The van der Waals surface area contributed by atoms with Crippen molar-refractivity contribution in [2.45, 2.75) is 38.3 Å². The van der Waals surface area contributed by atoms with Crippen LogP contribution in [0.4, 0.5) is 13.2 Å². The number of amides is 1. The molecular weight excluding hydrogens is 329 g/mol. The lowest BCUT2D eigenvalue weighted by molar-refractivity contribution is -0.137. The van der Waals surface area contributed by atoms with Gasteiger partial charge in [0.15, 0.2) is 0 Å². The van der Waals surface area contributed by atoms with Crippen LogP contribution in [0.3, 0.4) is 0 Å². The van der Waals surface area contributed by atoms with Crippen LogP contribution in [-0.2, 0) is 16.4 Å². The molecule has 2 N–H and O–H groups in total. The molecule has 3 nitrogen and oxygen atoms in total. The summed E-state index contributed by atoms with van der Waals surface area (Å²) in [7, 11) is 1.81. The molecule has 0 unspecified atom stereocenters. The number of carbonyl (C=O) groups excluding carboxylic acids is 1. The summed E-state index contributed by atoms with van der Waals surface area (Å²) >= 11 is 0. The lowest BCUT2D eigenvalue weighted by Gasteiger charge is -2.26. The van der Waals surface area contributed by atoms with E-state index in [2.05, 4.69) is 10.6 Å². The van der Waals surface area contributed by atoms with Crippen molar-refractivity contribution in [1.29, 1.82) is 0 Å². The van der Waals surface area contributed by atoms with Crippen molar-refractivity contribution < 1.29 is 18.0 Å². The second kappa shape index (κ2) is 9.13. The van der Waals surface area contributed by atoms with Crippen LogP contribution >= 0.6 is 12.4 Å². The molecule has 0 radical (unpaired) electrons. The number of benzene rings is 1. The molecule has 0 fully saturated rings. The SMILES string of the molecule is CNCCCC(=O)NCC(C)(C)c1cccc(C(F)(F)F)c1.Cl. The van der Waals surface area contributed by atoms with Crippen molar-refractivity contribution in [3.05, 3.63) is 35.4 Å². The molecule has 1 rings (SSSR count). The predicted molar refractivity (Wildman–Crippen MR) is 87.9 cm³/mol. The van der Waals surface area contributed by atoms with E-state index in [1.54, 1.807) is 6.07 Å². The van der Waals surface area contributed by atoms with Crippen LogP contribution in [0.5, 0.6) is 0 Å². The second-order valence-electron chi connectivity index (χ2n) is 5.95. The van der Waals surface area contributed by atoms with Gasteiger partial charge in [0.1, 0.15) is 0 Å². The monoisotopic (exact) mass is 352 g/mol. The molecule has 0 saturated heterocycles. The quantitative estimate of drug-likeness (QED) is 0.737. The molecule has 1 amide bonds. The van der Waals surface area contributed by atoms with E-state index in [4.69, 9.17) is 0 Å².